The summed E-state index contributed by atoms with van der Waals surface area (Å²) in [6.07, 6.45) is -3.26. The van der Waals surface area contributed by atoms with Crippen LogP contribution in [0.15, 0.2) is 24.3 Å². The zero-order valence-electron chi connectivity index (χ0n) is 9.67. The molecule has 1 atom stereocenters. The molecule has 0 radical (unpaired) electrons. The second kappa shape index (κ2) is 5.10. The Bertz CT molecular complexity index is 423. The Morgan fingerprint density at radius 1 is 1.22 bits per heavy atom. The quantitative estimate of drug-likeness (QED) is 0.815. The van der Waals surface area contributed by atoms with Gasteiger partial charge >= 0.3 is 6.18 Å². The van der Waals surface area contributed by atoms with Gasteiger partial charge in [-0.2, -0.15) is 13.2 Å². The van der Waals surface area contributed by atoms with E-state index in [1.807, 2.05) is 0 Å². The van der Waals surface area contributed by atoms with Gasteiger partial charge < -0.3 is 4.74 Å². The fourth-order valence-corrected chi connectivity index (χ4v) is 1.98. The third kappa shape index (κ3) is 3.32. The average molecular weight is 258 g/mol. The summed E-state index contributed by atoms with van der Waals surface area (Å²) in [6.45, 7) is 0.407. The van der Waals surface area contributed by atoms with Crippen LogP contribution in [0.4, 0.5) is 13.2 Å². The van der Waals surface area contributed by atoms with E-state index in [2.05, 4.69) is 0 Å². The highest BCUT2D eigenvalue weighted by atomic mass is 19.4. The number of hydrogen-bond donors (Lipinski definition) is 0. The Balaban J connectivity index is 2.00. The fourth-order valence-electron chi connectivity index (χ4n) is 1.98. The molecule has 0 aliphatic carbocycles. The molecule has 2 nitrogen and oxygen atoms in total. The van der Waals surface area contributed by atoms with Gasteiger partial charge in [0.15, 0.2) is 0 Å². The molecule has 1 fully saturated rings. The number of ether oxygens (including phenoxy) is 1. The molecular weight excluding hydrogens is 245 g/mol. The Labute approximate surface area is 103 Å². The predicted octanol–water partition coefficient (Wildman–Crippen LogP) is 3.00. The number of Topliss-reactive ketones (excluding diaryl/α,β-unsaturated/α-hetero) is 1. The van der Waals surface area contributed by atoms with Crippen LogP contribution in [-0.4, -0.2) is 18.5 Å². The predicted molar refractivity (Wildman–Crippen MR) is 59.1 cm³/mol. The molecule has 1 aromatic carbocycles. The molecular formula is C13H13F3O2. The van der Waals surface area contributed by atoms with Crippen molar-refractivity contribution in [2.45, 2.75) is 31.5 Å². The third-order valence-corrected chi connectivity index (χ3v) is 2.93. The van der Waals surface area contributed by atoms with Crippen molar-refractivity contribution in [2.75, 3.05) is 6.61 Å². The van der Waals surface area contributed by atoms with Crippen LogP contribution in [0.3, 0.4) is 0 Å². The van der Waals surface area contributed by atoms with Gasteiger partial charge in [-0.3, -0.25) is 4.79 Å². The smallest absolute Gasteiger partial charge is 0.377 e. The van der Waals surface area contributed by atoms with Crippen molar-refractivity contribution in [1.82, 2.24) is 0 Å². The Morgan fingerprint density at radius 2 is 1.89 bits per heavy atom. The van der Waals surface area contributed by atoms with Crippen molar-refractivity contribution in [3.8, 4) is 0 Å². The number of hydrogen-bond acceptors (Lipinski definition) is 2. The number of halogens is 3. The van der Waals surface area contributed by atoms with Crippen LogP contribution in [0.1, 0.15) is 24.0 Å². The first kappa shape index (κ1) is 13.1. The molecule has 1 unspecified atom stereocenters. The van der Waals surface area contributed by atoms with Gasteiger partial charge in [-0.25, -0.2) is 0 Å². The Hall–Kier alpha value is -1.36. The Morgan fingerprint density at radius 3 is 2.44 bits per heavy atom. The molecule has 18 heavy (non-hydrogen) atoms. The fraction of sp³-hybridized carbons (Fsp3) is 0.462. The lowest BCUT2D eigenvalue weighted by Crippen LogP contribution is -2.27. The summed E-state index contributed by atoms with van der Waals surface area (Å²) in [6, 6.07) is 4.98. The van der Waals surface area contributed by atoms with E-state index in [-0.39, 0.29) is 11.9 Å². The van der Waals surface area contributed by atoms with Gasteiger partial charge in [0, 0.05) is 12.8 Å². The van der Waals surface area contributed by atoms with Gasteiger partial charge in [-0.15, -0.1) is 0 Å². The summed E-state index contributed by atoms with van der Waals surface area (Å²) < 4.78 is 42.5. The maximum Gasteiger partial charge on any atom is 0.416 e. The summed E-state index contributed by atoms with van der Waals surface area (Å²) in [5.41, 5.74) is 0.0922. The van der Waals surface area contributed by atoms with Gasteiger partial charge in [-0.05, 0) is 24.1 Å². The first-order chi connectivity index (χ1) is 8.45. The minimum absolute atomic E-state index is 0.151. The van der Waals surface area contributed by atoms with Crippen molar-refractivity contribution in [1.29, 1.82) is 0 Å². The summed E-state index contributed by atoms with van der Waals surface area (Å²) in [5.74, 6) is 0.151. The van der Waals surface area contributed by atoms with Crippen molar-refractivity contribution < 1.29 is 22.7 Å². The van der Waals surface area contributed by atoms with Crippen LogP contribution in [0.2, 0.25) is 0 Å². The Kier molecular flexibility index (Phi) is 3.71. The molecule has 0 spiro atoms. The normalized spacial score (nSPS) is 21.1. The number of carbonyl (C=O) groups excluding carboxylic acids is 1. The molecule has 98 valence electrons. The summed E-state index contributed by atoms with van der Waals surface area (Å²) in [7, 11) is 0. The molecule has 5 heteroatoms. The number of carbonyl (C=O) groups is 1. The number of benzene rings is 1. The van der Waals surface area contributed by atoms with Gasteiger partial charge in [0.25, 0.3) is 0 Å². The SMILES string of the molecule is O=C1CCOC(Cc2ccc(C(F)(F)F)cc2)C1. The lowest BCUT2D eigenvalue weighted by Gasteiger charge is -2.21. The minimum Gasteiger partial charge on any atom is -0.377 e. The molecule has 1 aliphatic rings. The molecule has 0 amide bonds. The summed E-state index contributed by atoms with van der Waals surface area (Å²) >= 11 is 0. The first-order valence-electron chi connectivity index (χ1n) is 5.74. The molecule has 2 rings (SSSR count). The topological polar surface area (TPSA) is 26.3 Å². The first-order valence-corrected chi connectivity index (χ1v) is 5.74. The second-order valence-electron chi connectivity index (χ2n) is 4.38. The van der Waals surface area contributed by atoms with E-state index in [1.54, 1.807) is 0 Å². The van der Waals surface area contributed by atoms with Crippen molar-refractivity contribution >= 4 is 5.78 Å². The molecule has 1 aromatic rings. The van der Waals surface area contributed by atoms with Crippen LogP contribution in [-0.2, 0) is 22.1 Å². The van der Waals surface area contributed by atoms with E-state index < -0.39 is 11.7 Å². The molecule has 1 heterocycles. The standard InChI is InChI=1S/C13H13F3O2/c14-13(15,16)10-3-1-9(2-4-10)7-12-8-11(17)5-6-18-12/h1-4,12H,5-8H2. The molecule has 0 saturated carbocycles. The zero-order chi connectivity index (χ0) is 13.2. The molecule has 0 bridgehead atoms. The lowest BCUT2D eigenvalue weighted by molar-refractivity contribution is -0.137. The largest absolute Gasteiger partial charge is 0.416 e. The monoisotopic (exact) mass is 258 g/mol. The minimum atomic E-state index is -4.31. The van der Waals surface area contributed by atoms with Crippen LogP contribution in [0.25, 0.3) is 0 Å². The average Bonchev–Trinajstić information content (AvgIpc) is 2.28. The van der Waals surface area contributed by atoms with Crippen LogP contribution in [0.5, 0.6) is 0 Å². The molecule has 1 saturated heterocycles. The van der Waals surface area contributed by atoms with Gasteiger partial charge in [0.05, 0.1) is 18.3 Å². The van der Waals surface area contributed by atoms with Crippen LogP contribution in [0, 0.1) is 0 Å². The van der Waals surface area contributed by atoms with E-state index in [1.165, 1.54) is 12.1 Å². The molecule has 0 aromatic heterocycles. The lowest BCUT2D eigenvalue weighted by atomic mass is 9.99. The van der Waals surface area contributed by atoms with E-state index in [9.17, 15) is 18.0 Å². The van der Waals surface area contributed by atoms with E-state index >= 15 is 0 Å². The zero-order valence-corrected chi connectivity index (χ0v) is 9.67. The third-order valence-electron chi connectivity index (χ3n) is 2.93. The highest BCUT2D eigenvalue weighted by molar-refractivity contribution is 5.79. The van der Waals surface area contributed by atoms with Crippen LogP contribution >= 0.6 is 0 Å². The highest BCUT2D eigenvalue weighted by Crippen LogP contribution is 2.29. The summed E-state index contributed by atoms with van der Waals surface area (Å²) in [4.78, 5) is 11.2. The number of ketones is 1. The van der Waals surface area contributed by atoms with Gasteiger partial charge in [-0.1, -0.05) is 12.1 Å². The van der Waals surface area contributed by atoms with E-state index in [0.717, 1.165) is 17.7 Å². The van der Waals surface area contributed by atoms with Crippen LogP contribution < -0.4 is 0 Å². The number of rotatable bonds is 2. The summed E-state index contributed by atoms with van der Waals surface area (Å²) in [5, 5.41) is 0. The van der Waals surface area contributed by atoms with Crippen molar-refractivity contribution in [3.05, 3.63) is 35.4 Å². The number of alkyl halides is 3. The highest BCUT2D eigenvalue weighted by Gasteiger charge is 2.30. The van der Waals surface area contributed by atoms with Gasteiger partial charge in [0.1, 0.15) is 5.78 Å². The molecule has 0 N–H and O–H groups in total. The van der Waals surface area contributed by atoms with Gasteiger partial charge in [0.2, 0.25) is 0 Å². The maximum atomic E-state index is 12.4. The molecule has 1 aliphatic heterocycles. The maximum absolute atomic E-state index is 12.4. The van der Waals surface area contributed by atoms with E-state index in [0.29, 0.717) is 25.9 Å². The second-order valence-corrected chi connectivity index (χ2v) is 4.38. The van der Waals surface area contributed by atoms with Crippen molar-refractivity contribution in [2.24, 2.45) is 0 Å². The van der Waals surface area contributed by atoms with Crippen molar-refractivity contribution in [3.63, 3.8) is 0 Å². The van der Waals surface area contributed by atoms with E-state index in [4.69, 9.17) is 4.74 Å².